The number of likely N-dealkylation sites (tertiary alicyclic amines) is 1. The third-order valence-electron chi connectivity index (χ3n) is 6.28. The van der Waals surface area contributed by atoms with E-state index in [1.54, 1.807) is 36.5 Å². The molecule has 1 aliphatic rings. The zero-order valence-corrected chi connectivity index (χ0v) is 20.1. The number of carbonyl (C=O) groups excluding carboxylic acids is 2. The Hall–Kier alpha value is -4.13. The zero-order valence-electron chi connectivity index (χ0n) is 20.1. The van der Waals surface area contributed by atoms with Gasteiger partial charge in [-0.3, -0.25) is 14.6 Å². The number of hydrogen-bond donors (Lipinski definition) is 1. The van der Waals surface area contributed by atoms with Gasteiger partial charge in [0.15, 0.2) is 0 Å². The summed E-state index contributed by atoms with van der Waals surface area (Å²) in [5.74, 6) is -1.09. The minimum Gasteiger partial charge on any atom is -0.507 e. The molecular formula is C28H29N3O4. The van der Waals surface area contributed by atoms with Crippen LogP contribution in [0.15, 0.2) is 78.5 Å². The number of Topliss-reactive ketones (excluding diaryl/α,β-unsaturated/α-hetero) is 1. The second-order valence-corrected chi connectivity index (χ2v) is 8.24. The van der Waals surface area contributed by atoms with E-state index in [1.807, 2.05) is 36.4 Å². The van der Waals surface area contributed by atoms with Crippen LogP contribution in [0.3, 0.4) is 0 Å². The van der Waals surface area contributed by atoms with E-state index in [0.29, 0.717) is 17.0 Å². The fraction of sp³-hybridized carbons (Fsp3) is 0.250. The summed E-state index contributed by atoms with van der Waals surface area (Å²) in [4.78, 5) is 34.5. The Morgan fingerprint density at radius 2 is 1.77 bits per heavy atom. The van der Waals surface area contributed by atoms with E-state index in [1.165, 1.54) is 12.0 Å². The lowest BCUT2D eigenvalue weighted by molar-refractivity contribution is -0.140. The number of aliphatic hydroxyl groups excluding tert-OH is 1. The minimum absolute atomic E-state index is 0.0507. The van der Waals surface area contributed by atoms with Crippen LogP contribution >= 0.6 is 0 Å². The molecule has 1 unspecified atom stereocenters. The van der Waals surface area contributed by atoms with Crippen LogP contribution < -0.4 is 9.64 Å². The molecule has 7 heteroatoms. The Balaban J connectivity index is 1.83. The van der Waals surface area contributed by atoms with Crippen LogP contribution in [-0.2, 0) is 16.1 Å². The van der Waals surface area contributed by atoms with Crippen LogP contribution in [-0.4, -0.2) is 46.9 Å². The lowest BCUT2D eigenvalue weighted by Gasteiger charge is -2.26. The Morgan fingerprint density at radius 3 is 2.40 bits per heavy atom. The molecule has 1 N–H and O–H groups in total. The van der Waals surface area contributed by atoms with Gasteiger partial charge < -0.3 is 19.6 Å². The molecule has 0 aliphatic carbocycles. The summed E-state index contributed by atoms with van der Waals surface area (Å²) >= 11 is 0. The van der Waals surface area contributed by atoms with Crippen LogP contribution in [0.5, 0.6) is 5.75 Å². The molecule has 2 heterocycles. The predicted octanol–water partition coefficient (Wildman–Crippen LogP) is 4.56. The summed E-state index contributed by atoms with van der Waals surface area (Å²) in [5, 5.41) is 11.3. The van der Waals surface area contributed by atoms with Crippen molar-refractivity contribution < 1.29 is 19.4 Å². The molecule has 1 fully saturated rings. The number of aromatic nitrogens is 1. The van der Waals surface area contributed by atoms with E-state index in [4.69, 9.17) is 4.74 Å². The maximum absolute atomic E-state index is 13.3. The summed E-state index contributed by atoms with van der Waals surface area (Å²) in [5.41, 5.74) is 2.90. The Labute approximate surface area is 205 Å². The van der Waals surface area contributed by atoms with Crippen LogP contribution in [0.1, 0.15) is 36.7 Å². The lowest BCUT2D eigenvalue weighted by Crippen LogP contribution is -2.29. The van der Waals surface area contributed by atoms with Gasteiger partial charge in [-0.1, -0.05) is 30.3 Å². The van der Waals surface area contributed by atoms with Crippen LogP contribution in [0.2, 0.25) is 0 Å². The number of hydrogen-bond acceptors (Lipinski definition) is 6. The highest BCUT2D eigenvalue weighted by molar-refractivity contribution is 6.46. The second kappa shape index (κ2) is 10.4. The largest absolute Gasteiger partial charge is 0.507 e. The first-order chi connectivity index (χ1) is 17.0. The SMILES string of the molecule is CCN(CC)c1ccc(C2/C(=C(/O)c3cccc(OC)c3)C(=O)C(=O)N2Cc2ccccn2)cc1. The van der Waals surface area contributed by atoms with Crippen molar-refractivity contribution in [2.24, 2.45) is 0 Å². The number of aliphatic hydroxyl groups is 1. The summed E-state index contributed by atoms with van der Waals surface area (Å²) in [6.45, 7) is 6.05. The van der Waals surface area contributed by atoms with E-state index in [-0.39, 0.29) is 17.9 Å². The molecule has 2 aromatic carbocycles. The van der Waals surface area contributed by atoms with E-state index < -0.39 is 17.7 Å². The molecule has 1 atom stereocenters. The van der Waals surface area contributed by atoms with Crippen molar-refractivity contribution >= 4 is 23.1 Å². The van der Waals surface area contributed by atoms with Gasteiger partial charge in [0.05, 0.1) is 31.0 Å². The predicted molar refractivity (Wildman–Crippen MR) is 135 cm³/mol. The van der Waals surface area contributed by atoms with Gasteiger partial charge in [0, 0.05) is 30.5 Å². The fourth-order valence-electron chi connectivity index (χ4n) is 4.44. The van der Waals surface area contributed by atoms with E-state index in [2.05, 4.69) is 23.7 Å². The van der Waals surface area contributed by atoms with Gasteiger partial charge in [-0.15, -0.1) is 0 Å². The van der Waals surface area contributed by atoms with Crippen molar-refractivity contribution in [2.45, 2.75) is 26.4 Å². The quantitative estimate of drug-likeness (QED) is 0.295. The Morgan fingerprint density at radius 1 is 1.03 bits per heavy atom. The van der Waals surface area contributed by atoms with E-state index in [9.17, 15) is 14.7 Å². The standard InChI is InChI=1S/C28H29N3O4/c1-4-30(5-2)22-14-12-19(13-15-22)25-24(26(32)20-9-8-11-23(17-20)35-3)27(33)28(34)31(25)18-21-10-6-7-16-29-21/h6-17,25,32H,4-5,18H2,1-3H3/b26-24-. The molecule has 180 valence electrons. The van der Waals surface area contributed by atoms with E-state index in [0.717, 1.165) is 24.3 Å². The molecule has 0 radical (unpaired) electrons. The van der Waals surface area contributed by atoms with Crippen molar-refractivity contribution in [3.05, 3.63) is 95.3 Å². The molecular weight excluding hydrogens is 442 g/mol. The summed E-state index contributed by atoms with van der Waals surface area (Å²) in [6, 6.07) is 19.3. The average Bonchev–Trinajstić information content (AvgIpc) is 3.15. The molecule has 4 rings (SSSR count). The second-order valence-electron chi connectivity index (χ2n) is 8.24. The first-order valence-electron chi connectivity index (χ1n) is 11.7. The van der Waals surface area contributed by atoms with Crippen molar-refractivity contribution in [3.63, 3.8) is 0 Å². The van der Waals surface area contributed by atoms with Gasteiger partial charge in [-0.05, 0) is 55.8 Å². The number of ether oxygens (including phenoxy) is 1. The molecule has 1 aromatic heterocycles. The van der Waals surface area contributed by atoms with Crippen LogP contribution in [0.4, 0.5) is 5.69 Å². The zero-order chi connectivity index (χ0) is 24.9. The summed E-state index contributed by atoms with van der Waals surface area (Å²) < 4.78 is 5.28. The molecule has 3 aromatic rings. The molecule has 1 amide bonds. The van der Waals surface area contributed by atoms with Gasteiger partial charge in [-0.25, -0.2) is 0 Å². The monoisotopic (exact) mass is 471 g/mol. The summed E-state index contributed by atoms with van der Waals surface area (Å²) in [7, 11) is 1.53. The number of pyridine rings is 1. The molecule has 7 nitrogen and oxygen atoms in total. The lowest BCUT2D eigenvalue weighted by atomic mass is 9.95. The number of amides is 1. The Kier molecular flexibility index (Phi) is 7.15. The summed E-state index contributed by atoms with van der Waals surface area (Å²) in [6.07, 6.45) is 1.65. The highest BCUT2D eigenvalue weighted by atomic mass is 16.5. The number of anilines is 1. The highest BCUT2D eigenvalue weighted by Gasteiger charge is 2.46. The third kappa shape index (κ3) is 4.75. The first kappa shape index (κ1) is 24.0. The highest BCUT2D eigenvalue weighted by Crippen LogP contribution is 2.41. The van der Waals surface area contributed by atoms with Gasteiger partial charge in [0.1, 0.15) is 11.5 Å². The van der Waals surface area contributed by atoms with Crippen molar-refractivity contribution in [1.29, 1.82) is 0 Å². The molecule has 0 saturated carbocycles. The van der Waals surface area contributed by atoms with Gasteiger partial charge in [0.2, 0.25) is 0 Å². The molecule has 35 heavy (non-hydrogen) atoms. The average molecular weight is 472 g/mol. The topological polar surface area (TPSA) is 83.0 Å². The number of nitrogens with zero attached hydrogens (tertiary/aromatic N) is 3. The normalized spacial score (nSPS) is 17.0. The number of rotatable bonds is 8. The molecule has 0 bridgehead atoms. The molecule has 1 aliphatic heterocycles. The van der Waals surface area contributed by atoms with Gasteiger partial charge >= 0.3 is 0 Å². The van der Waals surface area contributed by atoms with E-state index >= 15 is 0 Å². The van der Waals surface area contributed by atoms with Crippen LogP contribution in [0, 0.1) is 0 Å². The molecule has 0 spiro atoms. The van der Waals surface area contributed by atoms with Crippen molar-refractivity contribution in [1.82, 2.24) is 9.88 Å². The minimum atomic E-state index is -0.756. The number of benzene rings is 2. The fourth-order valence-corrected chi connectivity index (χ4v) is 4.44. The van der Waals surface area contributed by atoms with Crippen LogP contribution in [0.25, 0.3) is 5.76 Å². The molecule has 1 saturated heterocycles. The smallest absolute Gasteiger partial charge is 0.296 e. The maximum atomic E-state index is 13.3. The van der Waals surface area contributed by atoms with Crippen molar-refractivity contribution in [2.75, 3.05) is 25.1 Å². The third-order valence-corrected chi connectivity index (χ3v) is 6.28. The Bertz CT molecular complexity index is 1230. The van der Waals surface area contributed by atoms with Gasteiger partial charge in [-0.2, -0.15) is 0 Å². The van der Waals surface area contributed by atoms with Crippen molar-refractivity contribution in [3.8, 4) is 5.75 Å². The number of methoxy groups -OCH3 is 1. The maximum Gasteiger partial charge on any atom is 0.296 e. The first-order valence-corrected chi connectivity index (χ1v) is 11.7. The van der Waals surface area contributed by atoms with Gasteiger partial charge in [0.25, 0.3) is 11.7 Å². The number of carbonyl (C=O) groups is 2. The number of ketones is 1.